The number of fused-ring (bicyclic) bond motifs is 4. The molecule has 0 aromatic heterocycles. The minimum atomic E-state index is -1.41. The first-order valence-corrected chi connectivity index (χ1v) is 13.6. The molecule has 0 saturated carbocycles. The quantitative estimate of drug-likeness (QED) is 0.444. The normalized spacial score (nSPS) is 15.2. The fourth-order valence-corrected chi connectivity index (χ4v) is 10.2. The van der Waals surface area contributed by atoms with Crippen molar-refractivity contribution < 1.29 is 4.79 Å². The van der Waals surface area contributed by atoms with Gasteiger partial charge in [0.1, 0.15) is 8.80 Å². The van der Waals surface area contributed by atoms with Gasteiger partial charge in [-0.25, -0.2) is 0 Å². The topological polar surface area (TPSA) is 20.3 Å². The van der Waals surface area contributed by atoms with Gasteiger partial charge in [-0.05, 0) is 32.9 Å². The van der Waals surface area contributed by atoms with Gasteiger partial charge in [-0.3, -0.25) is 4.79 Å². The molecule has 4 heteroatoms. The third-order valence-electron chi connectivity index (χ3n) is 6.18. The van der Waals surface area contributed by atoms with Crippen LogP contribution in [0.4, 0.5) is 11.4 Å². The molecule has 0 aliphatic carbocycles. The Morgan fingerprint density at radius 2 is 0.967 bits per heavy atom. The second-order valence-electron chi connectivity index (χ2n) is 7.76. The lowest BCUT2D eigenvalue weighted by Crippen LogP contribution is -2.64. The minimum absolute atomic E-state index is 0.147. The summed E-state index contributed by atoms with van der Waals surface area (Å²) in [5, 5.41) is 5.27. The van der Waals surface area contributed by atoms with Crippen molar-refractivity contribution >= 4 is 55.7 Å². The Morgan fingerprint density at radius 1 is 0.567 bits per heavy atom. The number of para-hydroxylation sites is 2. The van der Waals surface area contributed by atoms with Crippen LogP contribution in [0.5, 0.6) is 0 Å². The molecule has 4 aromatic carbocycles. The first kappa shape index (κ1) is 17.6. The molecule has 0 spiro atoms. The Morgan fingerprint density at radius 3 is 1.47 bits per heavy atom. The number of hydrogen-bond acceptors (Lipinski definition) is 2. The van der Waals surface area contributed by atoms with E-state index in [1.165, 1.54) is 32.1 Å². The highest BCUT2D eigenvalue weighted by molar-refractivity contribution is 6.95. The summed E-state index contributed by atoms with van der Waals surface area (Å²) >= 11 is 0. The summed E-state index contributed by atoms with van der Waals surface area (Å²) < 4.78 is 2.57. The van der Waals surface area contributed by atoms with Gasteiger partial charge in [0.2, 0.25) is 8.96 Å². The number of carbonyl (C=O) groups excluding carboxylic acids is 1. The molecule has 0 atom stereocenters. The zero-order valence-electron chi connectivity index (χ0n) is 16.6. The monoisotopic (exact) mass is 417 g/mol. The highest BCUT2D eigenvalue weighted by Crippen LogP contribution is 2.30. The van der Waals surface area contributed by atoms with E-state index in [4.69, 9.17) is 0 Å². The van der Waals surface area contributed by atoms with Gasteiger partial charge in [-0.2, -0.15) is 0 Å². The number of nitrogens with zero attached hydrogens (tertiary/aromatic N) is 1. The first-order valence-electron chi connectivity index (χ1n) is 10.2. The maximum Gasteiger partial charge on any atom is 0.248 e. The van der Waals surface area contributed by atoms with Crippen LogP contribution in [0.1, 0.15) is 15.9 Å². The fourth-order valence-electron chi connectivity index (χ4n) is 4.79. The van der Waals surface area contributed by atoms with Crippen molar-refractivity contribution in [2.45, 2.75) is 6.55 Å². The van der Waals surface area contributed by atoms with Crippen molar-refractivity contribution in [1.82, 2.24) is 0 Å². The van der Waals surface area contributed by atoms with Gasteiger partial charge in [0.25, 0.3) is 0 Å². The zero-order chi connectivity index (χ0) is 20.2. The molecule has 4 aromatic rings. The van der Waals surface area contributed by atoms with Crippen LogP contribution in [-0.2, 0) is 0 Å². The first-order chi connectivity index (χ1) is 14.8. The SMILES string of the molecule is C[Si]1c2ccccc2N([Si]2c3ccccc3C(=O)c3ccccc32)c2ccccc21. The molecule has 0 bridgehead atoms. The van der Waals surface area contributed by atoms with Crippen LogP contribution >= 0.6 is 0 Å². The van der Waals surface area contributed by atoms with Gasteiger partial charge < -0.3 is 4.57 Å². The average Bonchev–Trinajstić information content (AvgIpc) is 2.81. The Kier molecular flexibility index (Phi) is 3.91. The number of hydrogen-bond donors (Lipinski definition) is 0. The Hall–Kier alpha value is -3.22. The summed E-state index contributed by atoms with van der Waals surface area (Å²) in [5.41, 5.74) is 4.32. The molecule has 0 saturated heterocycles. The van der Waals surface area contributed by atoms with E-state index in [9.17, 15) is 4.79 Å². The summed E-state index contributed by atoms with van der Waals surface area (Å²) in [5.74, 6) is 0.147. The van der Waals surface area contributed by atoms with Gasteiger partial charge in [0.15, 0.2) is 5.78 Å². The van der Waals surface area contributed by atoms with E-state index in [2.05, 4.69) is 83.9 Å². The van der Waals surface area contributed by atoms with E-state index in [-0.39, 0.29) is 5.78 Å². The number of benzene rings is 4. The number of carbonyl (C=O) groups is 1. The second kappa shape index (κ2) is 6.65. The van der Waals surface area contributed by atoms with E-state index in [1.54, 1.807) is 0 Å². The van der Waals surface area contributed by atoms with Crippen LogP contribution in [0.15, 0.2) is 97.1 Å². The van der Waals surface area contributed by atoms with Gasteiger partial charge in [-0.15, -0.1) is 0 Å². The van der Waals surface area contributed by atoms with Crippen LogP contribution in [0.3, 0.4) is 0 Å². The third kappa shape index (κ3) is 2.38. The maximum absolute atomic E-state index is 13.3. The molecular formula is C26H19NOSi2. The molecule has 0 amide bonds. The van der Waals surface area contributed by atoms with Gasteiger partial charge >= 0.3 is 0 Å². The van der Waals surface area contributed by atoms with E-state index in [1.807, 2.05) is 24.3 Å². The Bertz CT molecular complexity index is 1220. The van der Waals surface area contributed by atoms with Crippen molar-refractivity contribution in [3.63, 3.8) is 0 Å². The summed E-state index contributed by atoms with van der Waals surface area (Å²) in [6.45, 7) is 2.39. The molecular weight excluding hydrogens is 398 g/mol. The second-order valence-corrected chi connectivity index (χ2v) is 12.3. The minimum Gasteiger partial charge on any atom is -0.360 e. The highest BCUT2D eigenvalue weighted by atomic mass is 28.3. The molecule has 2 radical (unpaired) electrons. The molecule has 0 N–H and O–H groups in total. The fraction of sp³-hybridized carbons (Fsp3) is 0.0385. The molecule has 6 rings (SSSR count). The number of ketones is 1. The van der Waals surface area contributed by atoms with Crippen LogP contribution in [0, 0.1) is 0 Å². The molecule has 0 fully saturated rings. The predicted octanol–water partition coefficient (Wildman–Crippen LogP) is 2.73. The van der Waals surface area contributed by atoms with Crippen molar-refractivity contribution in [1.29, 1.82) is 0 Å². The number of anilines is 2. The van der Waals surface area contributed by atoms with Gasteiger partial charge in [0, 0.05) is 22.5 Å². The van der Waals surface area contributed by atoms with Crippen LogP contribution in [-0.4, -0.2) is 23.5 Å². The van der Waals surface area contributed by atoms with E-state index >= 15 is 0 Å². The summed E-state index contributed by atoms with van der Waals surface area (Å²) in [7, 11) is -2.25. The molecule has 30 heavy (non-hydrogen) atoms. The molecule has 2 heterocycles. The highest BCUT2D eigenvalue weighted by Gasteiger charge is 2.41. The van der Waals surface area contributed by atoms with Crippen molar-refractivity contribution in [3.8, 4) is 0 Å². The zero-order valence-corrected chi connectivity index (χ0v) is 18.6. The smallest absolute Gasteiger partial charge is 0.248 e. The van der Waals surface area contributed by atoms with E-state index < -0.39 is 17.8 Å². The van der Waals surface area contributed by atoms with Crippen molar-refractivity contribution in [2.24, 2.45) is 0 Å². The number of rotatable bonds is 1. The lowest BCUT2D eigenvalue weighted by atomic mass is 10.0. The standard InChI is InChI=1S/C26H19NOSi2/c1-29-24-16-8-4-12-20(24)27(21-13-5-9-17-25(21)29)30-22-14-6-2-10-18(22)26(28)19-11-3-7-15-23(19)30/h2-17H,1H3. The maximum atomic E-state index is 13.3. The molecule has 2 nitrogen and oxygen atoms in total. The van der Waals surface area contributed by atoms with E-state index in [0.717, 1.165) is 11.1 Å². The van der Waals surface area contributed by atoms with Crippen molar-refractivity contribution in [2.75, 3.05) is 4.57 Å². The lowest BCUT2D eigenvalue weighted by Gasteiger charge is -2.42. The van der Waals surface area contributed by atoms with Gasteiger partial charge in [0.05, 0.1) is 0 Å². The Labute approximate surface area is 179 Å². The van der Waals surface area contributed by atoms with Crippen molar-refractivity contribution in [3.05, 3.63) is 108 Å². The van der Waals surface area contributed by atoms with Crippen LogP contribution < -0.4 is 25.3 Å². The van der Waals surface area contributed by atoms with E-state index in [0.29, 0.717) is 0 Å². The van der Waals surface area contributed by atoms with Gasteiger partial charge in [-0.1, -0.05) is 91.5 Å². The predicted molar refractivity (Wildman–Crippen MR) is 127 cm³/mol. The third-order valence-corrected chi connectivity index (χ3v) is 11.5. The van der Waals surface area contributed by atoms with Crippen LogP contribution in [0.25, 0.3) is 0 Å². The summed E-state index contributed by atoms with van der Waals surface area (Å²) in [6, 6.07) is 34.1. The molecule has 142 valence electrons. The Balaban J connectivity index is 1.69. The molecule has 2 aliphatic rings. The average molecular weight is 418 g/mol. The summed E-state index contributed by atoms with van der Waals surface area (Å²) in [4.78, 5) is 13.3. The lowest BCUT2D eigenvalue weighted by molar-refractivity contribution is 0.104. The summed E-state index contributed by atoms with van der Waals surface area (Å²) in [6.07, 6.45) is 0. The molecule has 0 unspecified atom stereocenters. The largest absolute Gasteiger partial charge is 0.360 e. The van der Waals surface area contributed by atoms with Crippen LogP contribution in [0.2, 0.25) is 6.55 Å². The molecule has 2 aliphatic heterocycles.